The summed E-state index contributed by atoms with van der Waals surface area (Å²) < 4.78 is 2.05. The Morgan fingerprint density at radius 1 is 1.62 bits per heavy atom. The van der Waals surface area contributed by atoms with Crippen LogP contribution in [0.1, 0.15) is 0 Å². The number of fused-ring (bicyclic) bond motifs is 1. The quantitative estimate of drug-likeness (QED) is 0.502. The van der Waals surface area contributed by atoms with Crippen molar-refractivity contribution in [3.8, 4) is 0 Å². The van der Waals surface area contributed by atoms with E-state index in [0.717, 1.165) is 0 Å². The van der Waals surface area contributed by atoms with E-state index in [4.69, 9.17) is 0 Å². The molecule has 2 heteroatoms. The van der Waals surface area contributed by atoms with Crippen LogP contribution in [0.2, 0.25) is 0 Å². The van der Waals surface area contributed by atoms with Crippen LogP contribution in [-0.4, -0.2) is 4.40 Å². The third-order valence-electron chi connectivity index (χ3n) is 1.10. The molecular formula is C6H4NS. The fourth-order valence-electron chi connectivity index (χ4n) is 0.714. The molecule has 0 bridgehead atoms. The SMILES string of the molecule is [c]1cn2cccc2s1. The number of thiazole rings is 1. The molecular weight excluding hydrogens is 118 g/mol. The van der Waals surface area contributed by atoms with Gasteiger partial charge in [0.25, 0.3) is 0 Å². The highest BCUT2D eigenvalue weighted by molar-refractivity contribution is 7.15. The molecule has 2 heterocycles. The first kappa shape index (κ1) is 4.15. The monoisotopic (exact) mass is 122 g/mol. The van der Waals surface area contributed by atoms with Crippen LogP contribution in [0.4, 0.5) is 0 Å². The van der Waals surface area contributed by atoms with Crippen LogP contribution < -0.4 is 0 Å². The van der Waals surface area contributed by atoms with E-state index >= 15 is 0 Å². The maximum Gasteiger partial charge on any atom is 0.0997 e. The maximum absolute atomic E-state index is 3.02. The summed E-state index contributed by atoms with van der Waals surface area (Å²) in [7, 11) is 0. The van der Waals surface area contributed by atoms with Gasteiger partial charge in [0.2, 0.25) is 0 Å². The van der Waals surface area contributed by atoms with Gasteiger partial charge in [-0.2, -0.15) is 0 Å². The Labute approximate surface area is 51.2 Å². The lowest BCUT2D eigenvalue weighted by molar-refractivity contribution is 1.24. The number of aromatic nitrogens is 1. The fraction of sp³-hybridized carbons (Fsp3) is 0. The summed E-state index contributed by atoms with van der Waals surface area (Å²) in [5.41, 5.74) is 0. The third-order valence-corrected chi connectivity index (χ3v) is 1.87. The van der Waals surface area contributed by atoms with E-state index in [9.17, 15) is 0 Å². The summed E-state index contributed by atoms with van der Waals surface area (Å²) in [5, 5.41) is 3.02. The Bertz CT molecular complexity index is 230. The van der Waals surface area contributed by atoms with Gasteiger partial charge in [-0.1, -0.05) is 0 Å². The van der Waals surface area contributed by atoms with E-state index < -0.39 is 0 Å². The molecule has 0 fully saturated rings. The molecule has 0 saturated heterocycles. The van der Waals surface area contributed by atoms with Gasteiger partial charge in [-0.15, -0.1) is 11.3 Å². The molecule has 0 saturated carbocycles. The topological polar surface area (TPSA) is 4.41 Å². The molecule has 2 aromatic rings. The van der Waals surface area contributed by atoms with Gasteiger partial charge < -0.3 is 4.40 Å². The second kappa shape index (κ2) is 1.36. The highest BCUT2D eigenvalue weighted by Crippen LogP contribution is 2.09. The zero-order chi connectivity index (χ0) is 5.40. The number of hydrogen-bond acceptors (Lipinski definition) is 1. The van der Waals surface area contributed by atoms with Crippen molar-refractivity contribution in [2.75, 3.05) is 0 Å². The van der Waals surface area contributed by atoms with Crippen molar-refractivity contribution in [2.24, 2.45) is 0 Å². The fourth-order valence-corrected chi connectivity index (χ4v) is 1.37. The van der Waals surface area contributed by atoms with Gasteiger partial charge >= 0.3 is 0 Å². The number of rotatable bonds is 0. The van der Waals surface area contributed by atoms with Crippen LogP contribution >= 0.6 is 11.3 Å². The summed E-state index contributed by atoms with van der Waals surface area (Å²) in [4.78, 5) is 1.25. The first-order valence-electron chi connectivity index (χ1n) is 2.39. The molecule has 0 unspecified atom stereocenters. The molecule has 39 valence electrons. The van der Waals surface area contributed by atoms with Crippen LogP contribution in [0.25, 0.3) is 4.83 Å². The average Bonchev–Trinajstić information content (AvgIpc) is 2.15. The lowest BCUT2D eigenvalue weighted by Gasteiger charge is -1.73. The Hall–Kier alpha value is -0.760. The van der Waals surface area contributed by atoms with E-state index in [-0.39, 0.29) is 0 Å². The minimum absolute atomic E-state index is 1.25. The minimum Gasteiger partial charge on any atom is -0.314 e. The van der Waals surface area contributed by atoms with Crippen LogP contribution in [0.15, 0.2) is 24.5 Å². The summed E-state index contributed by atoms with van der Waals surface area (Å²) in [5.74, 6) is 0. The molecule has 8 heavy (non-hydrogen) atoms. The van der Waals surface area contributed by atoms with Gasteiger partial charge in [-0.3, -0.25) is 0 Å². The van der Waals surface area contributed by atoms with E-state index in [1.165, 1.54) is 4.83 Å². The molecule has 2 rings (SSSR count). The van der Waals surface area contributed by atoms with Crippen molar-refractivity contribution in [1.29, 1.82) is 0 Å². The molecule has 0 aliphatic carbocycles. The van der Waals surface area contributed by atoms with Crippen molar-refractivity contribution in [2.45, 2.75) is 0 Å². The van der Waals surface area contributed by atoms with Gasteiger partial charge in [-0.05, 0) is 12.1 Å². The first-order valence-corrected chi connectivity index (χ1v) is 3.21. The van der Waals surface area contributed by atoms with E-state index in [0.29, 0.717) is 0 Å². The summed E-state index contributed by atoms with van der Waals surface area (Å²) in [6, 6.07) is 4.10. The summed E-state index contributed by atoms with van der Waals surface area (Å²) >= 11 is 1.63. The van der Waals surface area contributed by atoms with Crippen LogP contribution in [0, 0.1) is 5.38 Å². The Balaban J connectivity index is 3.06. The highest BCUT2D eigenvalue weighted by atomic mass is 32.1. The largest absolute Gasteiger partial charge is 0.314 e. The number of hydrogen-bond donors (Lipinski definition) is 0. The van der Waals surface area contributed by atoms with E-state index in [1.807, 2.05) is 22.9 Å². The molecule has 0 N–H and O–H groups in total. The van der Waals surface area contributed by atoms with Crippen molar-refractivity contribution in [3.05, 3.63) is 29.9 Å². The summed E-state index contributed by atoms with van der Waals surface area (Å²) in [6.07, 6.45) is 3.95. The molecule has 0 aliphatic heterocycles. The van der Waals surface area contributed by atoms with Crippen molar-refractivity contribution >= 4 is 16.2 Å². The molecule has 0 spiro atoms. The predicted octanol–water partition coefficient (Wildman–Crippen LogP) is 1.80. The van der Waals surface area contributed by atoms with E-state index in [1.54, 1.807) is 11.3 Å². The van der Waals surface area contributed by atoms with Crippen molar-refractivity contribution in [1.82, 2.24) is 4.40 Å². The summed E-state index contributed by atoms with van der Waals surface area (Å²) in [6.45, 7) is 0. The average molecular weight is 122 g/mol. The Morgan fingerprint density at radius 3 is 3.50 bits per heavy atom. The lowest BCUT2D eigenvalue weighted by atomic mass is 10.7. The maximum atomic E-state index is 3.02. The molecule has 0 atom stereocenters. The Morgan fingerprint density at radius 2 is 2.62 bits per heavy atom. The van der Waals surface area contributed by atoms with Crippen LogP contribution in [0.5, 0.6) is 0 Å². The minimum atomic E-state index is 1.25. The molecule has 1 radical (unpaired) electrons. The van der Waals surface area contributed by atoms with Gasteiger partial charge in [0.15, 0.2) is 0 Å². The molecule has 0 aliphatic rings. The zero-order valence-electron chi connectivity index (χ0n) is 4.16. The highest BCUT2D eigenvalue weighted by Gasteiger charge is 1.87. The second-order valence-corrected chi connectivity index (χ2v) is 2.46. The zero-order valence-corrected chi connectivity index (χ0v) is 4.98. The number of nitrogens with zero attached hydrogens (tertiary/aromatic N) is 1. The second-order valence-electron chi connectivity index (χ2n) is 1.60. The van der Waals surface area contributed by atoms with E-state index in [2.05, 4.69) is 11.4 Å². The van der Waals surface area contributed by atoms with Crippen molar-refractivity contribution in [3.63, 3.8) is 0 Å². The van der Waals surface area contributed by atoms with Gasteiger partial charge in [0.1, 0.15) is 0 Å². The normalized spacial score (nSPS) is 10.5. The van der Waals surface area contributed by atoms with Crippen LogP contribution in [0.3, 0.4) is 0 Å². The molecule has 0 amide bonds. The van der Waals surface area contributed by atoms with Gasteiger partial charge in [0.05, 0.1) is 10.2 Å². The lowest BCUT2D eigenvalue weighted by Crippen LogP contribution is -1.64. The first-order chi connectivity index (χ1) is 3.97. The van der Waals surface area contributed by atoms with Crippen LogP contribution in [-0.2, 0) is 0 Å². The van der Waals surface area contributed by atoms with Crippen molar-refractivity contribution < 1.29 is 0 Å². The van der Waals surface area contributed by atoms with Gasteiger partial charge in [0, 0.05) is 12.4 Å². The molecule has 2 aromatic heterocycles. The Kier molecular flexibility index (Phi) is 0.704. The molecule has 0 aromatic carbocycles. The van der Waals surface area contributed by atoms with Gasteiger partial charge in [-0.25, -0.2) is 0 Å². The third kappa shape index (κ3) is 0.406. The predicted molar refractivity (Wildman–Crippen MR) is 34.1 cm³/mol. The smallest absolute Gasteiger partial charge is 0.0997 e. The standard InChI is InChI=1S/C6H4NS/c1-2-6-7(3-1)4-5-8-6/h1-4H. The molecule has 1 nitrogen and oxygen atoms in total.